The quantitative estimate of drug-likeness (QED) is 0.156. The van der Waals surface area contributed by atoms with E-state index in [1.807, 2.05) is 0 Å². The van der Waals surface area contributed by atoms with Gasteiger partial charge in [0.05, 0.1) is 0 Å². The van der Waals surface area contributed by atoms with Crippen molar-refractivity contribution in [3.8, 4) is 11.5 Å². The van der Waals surface area contributed by atoms with Gasteiger partial charge in [0.25, 0.3) is 0 Å². The Kier molecular flexibility index (Phi) is 9.61. The Balaban J connectivity index is 1.56. The first-order chi connectivity index (χ1) is 24.6. The predicted molar refractivity (Wildman–Crippen MR) is 229 cm³/mol. The second-order valence-electron chi connectivity index (χ2n) is 17.0. The van der Waals surface area contributed by atoms with Gasteiger partial charge in [-0.25, -0.2) is 0 Å². The highest BCUT2D eigenvalue weighted by atomic mass is 31.1. The van der Waals surface area contributed by atoms with Crippen LogP contribution in [-0.4, -0.2) is 0 Å². The molecular weight excluding hydrogens is 666 g/mol. The first-order valence-electron chi connectivity index (χ1n) is 18.5. The molecule has 0 radical (unpaired) electrons. The molecule has 0 bridgehead atoms. The van der Waals surface area contributed by atoms with Gasteiger partial charge in [-0.15, -0.1) is 0 Å². The number of hydrogen-bond acceptors (Lipinski definition) is 1. The summed E-state index contributed by atoms with van der Waals surface area (Å²) in [5.74, 6) is 2.05. The number of ether oxygens (including phenoxy) is 1. The summed E-state index contributed by atoms with van der Waals surface area (Å²) in [7, 11) is -1.86. The molecule has 6 aromatic carbocycles. The summed E-state index contributed by atoms with van der Waals surface area (Å²) in [6.07, 6.45) is 0. The minimum atomic E-state index is -0.928. The third-order valence-electron chi connectivity index (χ3n) is 10.5. The molecule has 0 amide bonds. The smallest absolute Gasteiger partial charge is 0.139 e. The molecule has 0 saturated carbocycles. The molecule has 0 fully saturated rings. The molecule has 3 heteroatoms. The van der Waals surface area contributed by atoms with Crippen LogP contribution in [0.2, 0.25) is 0 Å². The van der Waals surface area contributed by atoms with Gasteiger partial charge >= 0.3 is 0 Å². The zero-order valence-corrected chi connectivity index (χ0v) is 34.3. The molecule has 1 nitrogen and oxygen atoms in total. The van der Waals surface area contributed by atoms with Crippen LogP contribution in [0.1, 0.15) is 88.8 Å². The summed E-state index contributed by atoms with van der Waals surface area (Å²) >= 11 is 0. The van der Waals surface area contributed by atoms with Crippen LogP contribution >= 0.6 is 15.8 Å². The van der Waals surface area contributed by atoms with Crippen molar-refractivity contribution in [1.29, 1.82) is 0 Å². The van der Waals surface area contributed by atoms with Crippen LogP contribution in [-0.2, 0) is 16.2 Å². The van der Waals surface area contributed by atoms with Crippen molar-refractivity contribution in [2.75, 3.05) is 0 Å². The summed E-state index contributed by atoms with van der Waals surface area (Å²) in [6, 6.07) is 50.4. The highest BCUT2D eigenvalue weighted by Gasteiger charge is 2.41. The summed E-state index contributed by atoms with van der Waals surface area (Å²) in [6.45, 7) is 23.2. The Morgan fingerprint density at radius 3 is 1.10 bits per heavy atom. The normalized spacial score (nSPS) is 14.9. The SMILES string of the molecule is Cc1ccc([P@](c2ccccc2)c2cc(C(C)(C)C)cc3c2Oc2c([P@@](c4ccccc4)c4ccc(C)cc4)cc(C(C)(C)C)cc2C3(C)C)cc1. The molecule has 7 rings (SSSR count). The zero-order chi connectivity index (χ0) is 37.0. The maximum atomic E-state index is 7.64. The number of benzene rings is 6. The average Bonchev–Trinajstić information content (AvgIpc) is 3.10. The third-order valence-corrected chi connectivity index (χ3v) is 15.4. The minimum absolute atomic E-state index is 0.0450. The summed E-state index contributed by atoms with van der Waals surface area (Å²) in [5, 5.41) is 7.91. The molecule has 1 heterocycles. The van der Waals surface area contributed by atoms with E-state index in [0.29, 0.717) is 0 Å². The lowest BCUT2D eigenvalue weighted by molar-refractivity contribution is 0.422. The molecule has 52 heavy (non-hydrogen) atoms. The van der Waals surface area contributed by atoms with E-state index in [1.165, 1.54) is 65.2 Å². The van der Waals surface area contributed by atoms with Crippen LogP contribution in [0.15, 0.2) is 133 Å². The average molecular weight is 719 g/mol. The van der Waals surface area contributed by atoms with Gasteiger partial charge in [-0.05, 0) is 85.0 Å². The molecule has 0 saturated heterocycles. The standard InChI is InChI=1S/C49H52OP2/c1-33-21-25-39(26-22-33)51(37-17-13-11-14-18-37)43-31-35(47(3,4)5)29-41-45(43)50-46-42(49(41,9)10)30-36(48(6,7)8)32-44(46)52(38-19-15-12-16-20-38)40-27-23-34(2)24-28-40/h11-32H,1-10H3/t51-,52-/m0/s1. The Morgan fingerprint density at radius 1 is 0.442 bits per heavy atom. The van der Waals surface area contributed by atoms with Crippen molar-refractivity contribution in [1.82, 2.24) is 0 Å². The Bertz CT molecular complexity index is 2040. The Labute approximate surface area is 315 Å². The van der Waals surface area contributed by atoms with E-state index in [1.54, 1.807) is 0 Å². The summed E-state index contributed by atoms with van der Waals surface area (Å²) < 4.78 is 7.64. The number of aryl methyl sites for hydroxylation is 2. The van der Waals surface area contributed by atoms with E-state index in [4.69, 9.17) is 4.74 Å². The van der Waals surface area contributed by atoms with Crippen molar-refractivity contribution >= 4 is 47.7 Å². The number of hydrogen-bond donors (Lipinski definition) is 0. The van der Waals surface area contributed by atoms with Crippen molar-refractivity contribution in [3.05, 3.63) is 167 Å². The minimum Gasteiger partial charge on any atom is -0.455 e. The third kappa shape index (κ3) is 6.92. The molecule has 0 unspecified atom stereocenters. The molecule has 2 atom stereocenters. The van der Waals surface area contributed by atoms with Crippen LogP contribution < -0.4 is 36.6 Å². The van der Waals surface area contributed by atoms with E-state index in [9.17, 15) is 0 Å². The lowest BCUT2D eigenvalue weighted by Gasteiger charge is -2.41. The van der Waals surface area contributed by atoms with Crippen LogP contribution in [0.3, 0.4) is 0 Å². The molecule has 1 aliphatic heterocycles. The van der Waals surface area contributed by atoms with Gasteiger partial charge < -0.3 is 4.74 Å². The molecule has 0 aromatic heterocycles. The first-order valence-corrected chi connectivity index (χ1v) is 21.2. The Morgan fingerprint density at radius 2 is 0.769 bits per heavy atom. The van der Waals surface area contributed by atoms with Crippen LogP contribution in [0.4, 0.5) is 0 Å². The zero-order valence-electron chi connectivity index (χ0n) is 32.5. The van der Waals surface area contributed by atoms with Crippen molar-refractivity contribution in [2.24, 2.45) is 0 Å². The lowest BCUT2D eigenvalue weighted by Crippen LogP contribution is -2.35. The Hall–Kier alpha value is -4.02. The fourth-order valence-electron chi connectivity index (χ4n) is 7.21. The lowest BCUT2D eigenvalue weighted by atomic mass is 9.72. The van der Waals surface area contributed by atoms with E-state index in [-0.39, 0.29) is 16.2 Å². The van der Waals surface area contributed by atoms with Gasteiger partial charge in [0.1, 0.15) is 11.5 Å². The second kappa shape index (κ2) is 13.8. The maximum Gasteiger partial charge on any atom is 0.139 e. The first kappa shape index (κ1) is 36.3. The van der Waals surface area contributed by atoms with Gasteiger partial charge in [0, 0.05) is 27.2 Å². The van der Waals surface area contributed by atoms with E-state index in [0.717, 1.165) is 11.5 Å². The highest BCUT2D eigenvalue weighted by molar-refractivity contribution is 7.80. The molecule has 264 valence electrons. The van der Waals surface area contributed by atoms with Crippen molar-refractivity contribution in [3.63, 3.8) is 0 Å². The molecule has 1 aliphatic rings. The van der Waals surface area contributed by atoms with Crippen LogP contribution in [0.5, 0.6) is 11.5 Å². The predicted octanol–water partition coefficient (Wildman–Crippen LogP) is 10.8. The summed E-state index contributed by atoms with van der Waals surface area (Å²) in [4.78, 5) is 0. The maximum absolute atomic E-state index is 7.64. The van der Waals surface area contributed by atoms with Crippen molar-refractivity contribution in [2.45, 2.75) is 85.5 Å². The van der Waals surface area contributed by atoms with Crippen LogP contribution in [0, 0.1) is 13.8 Å². The van der Waals surface area contributed by atoms with Gasteiger partial charge in [-0.2, -0.15) is 0 Å². The van der Waals surface area contributed by atoms with Gasteiger partial charge in [-0.3, -0.25) is 0 Å². The van der Waals surface area contributed by atoms with Gasteiger partial charge in [0.2, 0.25) is 0 Å². The fourth-order valence-corrected chi connectivity index (χ4v) is 12.0. The van der Waals surface area contributed by atoms with E-state index in [2.05, 4.69) is 203 Å². The number of fused-ring (bicyclic) bond motifs is 2. The number of rotatable bonds is 6. The highest BCUT2D eigenvalue weighted by Crippen LogP contribution is 2.54. The van der Waals surface area contributed by atoms with Gasteiger partial charge in [-0.1, -0.05) is 188 Å². The molecule has 0 N–H and O–H groups in total. The summed E-state index contributed by atoms with van der Waals surface area (Å²) in [5.41, 5.74) is 7.37. The van der Waals surface area contributed by atoms with Crippen LogP contribution in [0.25, 0.3) is 0 Å². The monoisotopic (exact) mass is 718 g/mol. The molecule has 6 aromatic rings. The topological polar surface area (TPSA) is 9.23 Å². The largest absolute Gasteiger partial charge is 0.455 e. The fraction of sp³-hybridized carbons (Fsp3) is 0.265. The van der Waals surface area contributed by atoms with E-state index < -0.39 is 15.8 Å². The second-order valence-corrected chi connectivity index (χ2v) is 21.4. The molecule has 0 spiro atoms. The van der Waals surface area contributed by atoms with Crippen molar-refractivity contribution < 1.29 is 4.74 Å². The molecule has 0 aliphatic carbocycles. The van der Waals surface area contributed by atoms with Gasteiger partial charge in [0.15, 0.2) is 0 Å². The van der Waals surface area contributed by atoms with E-state index >= 15 is 0 Å². The molecular formula is C49H52OP2.